The van der Waals surface area contributed by atoms with Crippen LogP contribution in [0.15, 0.2) is 17.0 Å². The minimum absolute atomic E-state index is 0.175. The SMILES string of the molecule is Cc1ccc(N)c(C)c1S(=O)(=O)NCC(C)N(C)C1CC1. The summed E-state index contributed by atoms with van der Waals surface area (Å²) in [6, 6.07) is 4.28. The maximum absolute atomic E-state index is 12.6. The summed E-state index contributed by atoms with van der Waals surface area (Å²) in [6.45, 7) is 5.99. The molecule has 0 radical (unpaired) electrons. The molecule has 1 aliphatic rings. The molecular formula is C15H25N3O2S. The van der Waals surface area contributed by atoms with Gasteiger partial charge in [0.1, 0.15) is 0 Å². The highest BCUT2D eigenvalue weighted by Gasteiger charge is 2.30. The highest BCUT2D eigenvalue weighted by Crippen LogP contribution is 2.27. The van der Waals surface area contributed by atoms with Crippen LogP contribution in [-0.4, -0.2) is 39.0 Å². The molecule has 21 heavy (non-hydrogen) atoms. The Hall–Kier alpha value is -1.11. The average molecular weight is 311 g/mol. The molecule has 1 saturated carbocycles. The van der Waals surface area contributed by atoms with Crippen molar-refractivity contribution in [1.29, 1.82) is 0 Å². The van der Waals surface area contributed by atoms with Gasteiger partial charge >= 0.3 is 0 Å². The molecule has 0 amide bonds. The first kappa shape index (κ1) is 16.3. The Kier molecular flexibility index (Phi) is 4.60. The minimum atomic E-state index is -3.53. The molecule has 1 aromatic rings. The van der Waals surface area contributed by atoms with E-state index in [1.165, 1.54) is 12.8 Å². The number of nitrogens with two attached hydrogens (primary N) is 1. The van der Waals surface area contributed by atoms with Crippen LogP contribution in [0.1, 0.15) is 30.9 Å². The Morgan fingerprint density at radius 3 is 2.57 bits per heavy atom. The zero-order chi connectivity index (χ0) is 15.8. The van der Waals surface area contributed by atoms with Gasteiger partial charge in [-0.1, -0.05) is 6.07 Å². The number of hydrogen-bond acceptors (Lipinski definition) is 4. The zero-order valence-electron chi connectivity index (χ0n) is 13.2. The molecular weight excluding hydrogens is 286 g/mol. The number of nitrogens with zero attached hydrogens (tertiary/aromatic N) is 1. The molecule has 2 rings (SSSR count). The van der Waals surface area contributed by atoms with Crippen molar-refractivity contribution in [3.05, 3.63) is 23.3 Å². The fourth-order valence-electron chi connectivity index (χ4n) is 2.54. The van der Waals surface area contributed by atoms with E-state index in [4.69, 9.17) is 5.73 Å². The average Bonchev–Trinajstić information content (AvgIpc) is 3.24. The molecule has 0 heterocycles. The number of anilines is 1. The van der Waals surface area contributed by atoms with Gasteiger partial charge in [-0.2, -0.15) is 0 Å². The number of nitrogens with one attached hydrogen (secondary N) is 1. The standard InChI is InChI=1S/C15H25N3O2S/c1-10-5-8-14(16)12(3)15(10)21(19,20)17-9-11(2)18(4)13-6-7-13/h5,8,11,13,17H,6-7,9,16H2,1-4H3. The van der Waals surface area contributed by atoms with E-state index < -0.39 is 10.0 Å². The van der Waals surface area contributed by atoms with Gasteiger partial charge in [-0.3, -0.25) is 4.90 Å². The molecule has 0 aliphatic heterocycles. The minimum Gasteiger partial charge on any atom is -0.398 e. The van der Waals surface area contributed by atoms with Crippen molar-refractivity contribution in [3.63, 3.8) is 0 Å². The molecule has 1 aromatic carbocycles. The number of sulfonamides is 1. The summed E-state index contributed by atoms with van der Waals surface area (Å²) in [5.74, 6) is 0. The van der Waals surface area contributed by atoms with E-state index in [9.17, 15) is 8.42 Å². The van der Waals surface area contributed by atoms with Gasteiger partial charge in [0.15, 0.2) is 0 Å². The zero-order valence-corrected chi connectivity index (χ0v) is 14.0. The van der Waals surface area contributed by atoms with Crippen molar-refractivity contribution >= 4 is 15.7 Å². The molecule has 5 nitrogen and oxygen atoms in total. The van der Waals surface area contributed by atoms with E-state index in [0.29, 0.717) is 28.7 Å². The van der Waals surface area contributed by atoms with Crippen molar-refractivity contribution in [2.45, 2.75) is 50.6 Å². The Bertz CT molecular complexity index is 624. The highest BCUT2D eigenvalue weighted by atomic mass is 32.2. The van der Waals surface area contributed by atoms with E-state index in [-0.39, 0.29) is 6.04 Å². The first-order valence-electron chi connectivity index (χ1n) is 7.31. The van der Waals surface area contributed by atoms with Gasteiger partial charge in [-0.25, -0.2) is 13.1 Å². The third-order valence-electron chi connectivity index (χ3n) is 4.30. The van der Waals surface area contributed by atoms with Crippen LogP contribution < -0.4 is 10.5 Å². The highest BCUT2D eigenvalue weighted by molar-refractivity contribution is 7.89. The summed E-state index contributed by atoms with van der Waals surface area (Å²) in [5, 5.41) is 0. The van der Waals surface area contributed by atoms with Gasteiger partial charge in [0.2, 0.25) is 10.0 Å². The second kappa shape index (κ2) is 5.94. The van der Waals surface area contributed by atoms with Crippen molar-refractivity contribution < 1.29 is 8.42 Å². The van der Waals surface area contributed by atoms with Crippen LogP contribution in [0.5, 0.6) is 0 Å². The summed E-state index contributed by atoms with van der Waals surface area (Å²) in [4.78, 5) is 2.55. The first-order chi connectivity index (χ1) is 9.74. The van der Waals surface area contributed by atoms with Crippen LogP contribution in [0.3, 0.4) is 0 Å². The molecule has 3 N–H and O–H groups in total. The van der Waals surface area contributed by atoms with E-state index in [1.807, 2.05) is 14.0 Å². The quantitative estimate of drug-likeness (QED) is 0.783. The lowest BCUT2D eigenvalue weighted by Crippen LogP contribution is -2.41. The molecule has 0 aromatic heterocycles. The fraction of sp³-hybridized carbons (Fsp3) is 0.600. The lowest BCUT2D eigenvalue weighted by molar-refractivity contribution is 0.248. The lowest BCUT2D eigenvalue weighted by Gasteiger charge is -2.25. The number of rotatable bonds is 6. The predicted molar refractivity (Wildman–Crippen MR) is 85.8 cm³/mol. The summed E-state index contributed by atoms with van der Waals surface area (Å²) >= 11 is 0. The second-order valence-corrected chi connectivity index (χ2v) is 7.73. The Morgan fingerprint density at radius 1 is 1.38 bits per heavy atom. The summed E-state index contributed by atoms with van der Waals surface area (Å²) in [7, 11) is -1.49. The van der Waals surface area contributed by atoms with Crippen LogP contribution in [0.25, 0.3) is 0 Å². The number of benzene rings is 1. The van der Waals surface area contributed by atoms with Crippen molar-refractivity contribution in [3.8, 4) is 0 Å². The van der Waals surface area contributed by atoms with Crippen LogP contribution >= 0.6 is 0 Å². The van der Waals surface area contributed by atoms with Crippen molar-refractivity contribution in [1.82, 2.24) is 9.62 Å². The van der Waals surface area contributed by atoms with E-state index in [0.717, 1.165) is 5.56 Å². The number of aryl methyl sites for hydroxylation is 1. The summed E-state index contributed by atoms with van der Waals surface area (Å²) < 4.78 is 27.8. The molecule has 1 atom stereocenters. The largest absolute Gasteiger partial charge is 0.398 e. The van der Waals surface area contributed by atoms with Gasteiger partial charge in [0.05, 0.1) is 4.90 Å². The first-order valence-corrected chi connectivity index (χ1v) is 8.79. The summed E-state index contributed by atoms with van der Waals surface area (Å²) in [5.41, 5.74) is 7.68. The predicted octanol–water partition coefficient (Wildman–Crippen LogP) is 1.65. The van der Waals surface area contributed by atoms with Gasteiger partial charge in [-0.15, -0.1) is 0 Å². The number of likely N-dealkylation sites (N-methyl/N-ethyl adjacent to an activating group) is 1. The maximum atomic E-state index is 12.6. The second-order valence-electron chi connectivity index (χ2n) is 6.02. The smallest absolute Gasteiger partial charge is 0.241 e. The topological polar surface area (TPSA) is 75.4 Å². The number of nitrogen functional groups attached to an aromatic ring is 1. The Morgan fingerprint density at radius 2 is 2.00 bits per heavy atom. The molecule has 1 fully saturated rings. The van der Waals surface area contributed by atoms with Crippen LogP contribution in [0, 0.1) is 13.8 Å². The monoisotopic (exact) mass is 311 g/mol. The molecule has 118 valence electrons. The Labute approximate surface area is 127 Å². The van der Waals surface area contributed by atoms with E-state index >= 15 is 0 Å². The summed E-state index contributed by atoms with van der Waals surface area (Å²) in [6.07, 6.45) is 2.42. The lowest BCUT2D eigenvalue weighted by atomic mass is 10.1. The molecule has 0 bridgehead atoms. The third kappa shape index (κ3) is 3.56. The normalized spacial score (nSPS) is 17.2. The Balaban J connectivity index is 2.13. The van der Waals surface area contributed by atoms with Gasteiger partial charge < -0.3 is 5.73 Å². The maximum Gasteiger partial charge on any atom is 0.241 e. The van der Waals surface area contributed by atoms with Gasteiger partial charge in [0.25, 0.3) is 0 Å². The fourth-order valence-corrected chi connectivity index (χ4v) is 4.16. The van der Waals surface area contributed by atoms with Gasteiger partial charge in [0, 0.05) is 24.3 Å². The third-order valence-corrected chi connectivity index (χ3v) is 6.01. The van der Waals surface area contributed by atoms with Crippen LogP contribution in [0.2, 0.25) is 0 Å². The van der Waals surface area contributed by atoms with Crippen LogP contribution in [-0.2, 0) is 10.0 Å². The van der Waals surface area contributed by atoms with E-state index in [2.05, 4.69) is 9.62 Å². The molecule has 0 saturated heterocycles. The molecule has 1 unspecified atom stereocenters. The number of hydrogen-bond donors (Lipinski definition) is 2. The van der Waals surface area contributed by atoms with Gasteiger partial charge in [-0.05, 0) is 57.9 Å². The molecule has 1 aliphatic carbocycles. The molecule has 6 heteroatoms. The van der Waals surface area contributed by atoms with Crippen LogP contribution in [0.4, 0.5) is 5.69 Å². The van der Waals surface area contributed by atoms with E-state index in [1.54, 1.807) is 26.0 Å². The van der Waals surface area contributed by atoms with Crippen molar-refractivity contribution in [2.75, 3.05) is 19.3 Å². The van der Waals surface area contributed by atoms with Crippen molar-refractivity contribution in [2.24, 2.45) is 0 Å². The molecule has 0 spiro atoms.